The molecule has 0 radical (unpaired) electrons. The minimum absolute atomic E-state index is 0.0736. The van der Waals surface area contributed by atoms with E-state index in [0.29, 0.717) is 5.56 Å². The molecule has 3 nitrogen and oxygen atoms in total. The fourth-order valence-electron chi connectivity index (χ4n) is 3.68. The summed E-state index contributed by atoms with van der Waals surface area (Å²) in [5.74, 6) is -0.0736. The van der Waals surface area contributed by atoms with Crippen molar-refractivity contribution in [2.24, 2.45) is 0 Å². The maximum atomic E-state index is 12.5. The largest absolute Gasteiger partial charge is 0.367 e. The number of carbonyl (C=O) groups excluding carboxylic acids is 1. The molecule has 3 aromatic carbocycles. The molecule has 3 heteroatoms. The molecule has 0 aliphatic carbocycles. The van der Waals surface area contributed by atoms with Crippen LogP contribution >= 0.6 is 0 Å². The van der Waals surface area contributed by atoms with Crippen LogP contribution in [0.1, 0.15) is 33.5 Å². The lowest BCUT2D eigenvalue weighted by Crippen LogP contribution is -2.28. The fourth-order valence-corrected chi connectivity index (χ4v) is 3.68. The maximum Gasteiger partial charge on any atom is 0.255 e. The molecular formula is C24H24N2O. The molecule has 0 fully saturated rings. The van der Waals surface area contributed by atoms with Crippen LogP contribution < -0.4 is 10.2 Å². The first-order chi connectivity index (χ1) is 13.2. The second kappa shape index (κ2) is 7.67. The van der Waals surface area contributed by atoms with E-state index in [-0.39, 0.29) is 5.91 Å². The molecule has 0 unspecified atom stereocenters. The molecule has 1 aliphatic heterocycles. The Labute approximate surface area is 160 Å². The number of anilines is 2. The van der Waals surface area contributed by atoms with Gasteiger partial charge in [0.1, 0.15) is 0 Å². The Bertz CT molecular complexity index is 947. The Morgan fingerprint density at radius 2 is 1.81 bits per heavy atom. The lowest BCUT2D eigenvalue weighted by molar-refractivity contribution is 0.102. The lowest BCUT2D eigenvalue weighted by atomic mass is 10.0. The van der Waals surface area contributed by atoms with Crippen molar-refractivity contribution in [3.63, 3.8) is 0 Å². The summed E-state index contributed by atoms with van der Waals surface area (Å²) in [7, 11) is 0. The number of nitrogens with one attached hydrogen (secondary N) is 1. The van der Waals surface area contributed by atoms with Gasteiger partial charge in [-0.1, -0.05) is 42.5 Å². The summed E-state index contributed by atoms with van der Waals surface area (Å²) in [5.41, 5.74) is 6.62. The standard InChI is InChI=1S/C24H24N2O/c1-18-6-4-9-22(16-18)25-24(27)21-13-11-19(12-14-21)17-26-15-5-8-20-7-2-3-10-23(20)26/h2-4,6-7,9-14,16H,5,8,15,17H2,1H3,(H,25,27). The number of carbonyl (C=O) groups is 1. The Morgan fingerprint density at radius 3 is 2.63 bits per heavy atom. The summed E-state index contributed by atoms with van der Waals surface area (Å²) in [6, 6.07) is 24.4. The Kier molecular flexibility index (Phi) is 4.93. The minimum atomic E-state index is -0.0736. The average molecular weight is 356 g/mol. The summed E-state index contributed by atoms with van der Waals surface area (Å²) in [6.07, 6.45) is 2.35. The van der Waals surface area contributed by atoms with E-state index in [2.05, 4.69) is 46.6 Å². The molecule has 1 amide bonds. The van der Waals surface area contributed by atoms with Crippen molar-refractivity contribution in [3.8, 4) is 0 Å². The van der Waals surface area contributed by atoms with Crippen LogP contribution in [0.3, 0.4) is 0 Å². The van der Waals surface area contributed by atoms with Crippen LogP contribution in [-0.4, -0.2) is 12.5 Å². The van der Waals surface area contributed by atoms with E-state index in [1.54, 1.807) is 0 Å². The van der Waals surface area contributed by atoms with Gasteiger partial charge in [-0.25, -0.2) is 0 Å². The first-order valence-electron chi connectivity index (χ1n) is 9.49. The summed E-state index contributed by atoms with van der Waals surface area (Å²) in [4.78, 5) is 14.9. The number of hydrogen-bond donors (Lipinski definition) is 1. The van der Waals surface area contributed by atoms with Crippen LogP contribution in [0.4, 0.5) is 11.4 Å². The zero-order valence-corrected chi connectivity index (χ0v) is 15.6. The van der Waals surface area contributed by atoms with E-state index in [1.165, 1.54) is 23.2 Å². The SMILES string of the molecule is Cc1cccc(NC(=O)c2ccc(CN3CCCc4ccccc43)cc2)c1. The average Bonchev–Trinajstić information content (AvgIpc) is 2.69. The van der Waals surface area contributed by atoms with Crippen molar-refractivity contribution >= 4 is 17.3 Å². The normalized spacial score (nSPS) is 13.1. The van der Waals surface area contributed by atoms with Crippen molar-refractivity contribution in [3.05, 3.63) is 95.1 Å². The van der Waals surface area contributed by atoms with Gasteiger partial charge in [0.25, 0.3) is 5.91 Å². The third-order valence-corrected chi connectivity index (χ3v) is 5.07. The van der Waals surface area contributed by atoms with Crippen LogP contribution in [-0.2, 0) is 13.0 Å². The highest BCUT2D eigenvalue weighted by atomic mass is 16.1. The number of fused-ring (bicyclic) bond motifs is 1. The molecular weight excluding hydrogens is 332 g/mol. The van der Waals surface area contributed by atoms with Crippen molar-refractivity contribution in [2.45, 2.75) is 26.3 Å². The number of aryl methyl sites for hydroxylation is 2. The summed E-state index contributed by atoms with van der Waals surface area (Å²) >= 11 is 0. The molecule has 0 saturated carbocycles. The van der Waals surface area contributed by atoms with Gasteiger partial charge in [-0.2, -0.15) is 0 Å². The second-order valence-electron chi connectivity index (χ2n) is 7.17. The van der Waals surface area contributed by atoms with Gasteiger partial charge in [0.2, 0.25) is 0 Å². The van der Waals surface area contributed by atoms with Gasteiger partial charge in [0, 0.05) is 30.0 Å². The summed E-state index contributed by atoms with van der Waals surface area (Å²) < 4.78 is 0. The van der Waals surface area contributed by atoms with E-state index in [9.17, 15) is 4.79 Å². The first-order valence-corrected chi connectivity index (χ1v) is 9.49. The predicted octanol–water partition coefficient (Wildman–Crippen LogP) is 5.20. The quantitative estimate of drug-likeness (QED) is 0.697. The highest BCUT2D eigenvalue weighted by Gasteiger charge is 2.16. The summed E-state index contributed by atoms with van der Waals surface area (Å²) in [6.45, 7) is 3.96. The molecule has 1 aliphatic rings. The zero-order chi connectivity index (χ0) is 18.6. The Hall–Kier alpha value is -3.07. The van der Waals surface area contributed by atoms with Crippen molar-refractivity contribution in [2.75, 3.05) is 16.8 Å². The maximum absolute atomic E-state index is 12.5. The van der Waals surface area contributed by atoms with E-state index < -0.39 is 0 Å². The Balaban J connectivity index is 1.44. The number of hydrogen-bond acceptors (Lipinski definition) is 2. The first kappa shape index (κ1) is 17.3. The number of nitrogens with zero attached hydrogens (tertiary/aromatic N) is 1. The molecule has 0 bridgehead atoms. The van der Waals surface area contributed by atoms with Gasteiger partial charge in [-0.05, 0) is 66.8 Å². The van der Waals surface area contributed by atoms with Crippen LogP contribution in [0.15, 0.2) is 72.8 Å². The van der Waals surface area contributed by atoms with Crippen LogP contribution in [0.25, 0.3) is 0 Å². The van der Waals surface area contributed by atoms with Crippen LogP contribution in [0.5, 0.6) is 0 Å². The molecule has 1 N–H and O–H groups in total. The molecule has 0 atom stereocenters. The van der Waals surface area contributed by atoms with Gasteiger partial charge in [0.15, 0.2) is 0 Å². The number of amides is 1. The third-order valence-electron chi connectivity index (χ3n) is 5.07. The van der Waals surface area contributed by atoms with Crippen LogP contribution in [0.2, 0.25) is 0 Å². The highest BCUT2D eigenvalue weighted by molar-refractivity contribution is 6.04. The van der Waals surface area contributed by atoms with Gasteiger partial charge in [0.05, 0.1) is 0 Å². The highest BCUT2D eigenvalue weighted by Crippen LogP contribution is 2.28. The lowest BCUT2D eigenvalue weighted by Gasteiger charge is -2.31. The third kappa shape index (κ3) is 4.03. The molecule has 0 spiro atoms. The van der Waals surface area contributed by atoms with Crippen LogP contribution in [0, 0.1) is 6.92 Å². The van der Waals surface area contributed by atoms with Gasteiger partial charge < -0.3 is 10.2 Å². The molecule has 4 rings (SSSR count). The number of benzene rings is 3. The molecule has 0 saturated heterocycles. The number of rotatable bonds is 4. The second-order valence-corrected chi connectivity index (χ2v) is 7.17. The van der Waals surface area contributed by atoms with Crippen molar-refractivity contribution in [1.82, 2.24) is 0 Å². The van der Waals surface area contributed by atoms with Gasteiger partial charge in [-0.3, -0.25) is 4.79 Å². The van der Waals surface area contributed by atoms with E-state index in [1.807, 2.05) is 43.3 Å². The van der Waals surface area contributed by atoms with Crippen molar-refractivity contribution in [1.29, 1.82) is 0 Å². The topological polar surface area (TPSA) is 32.3 Å². The molecule has 3 aromatic rings. The van der Waals surface area contributed by atoms with E-state index >= 15 is 0 Å². The predicted molar refractivity (Wildman–Crippen MR) is 111 cm³/mol. The smallest absolute Gasteiger partial charge is 0.255 e. The zero-order valence-electron chi connectivity index (χ0n) is 15.6. The Morgan fingerprint density at radius 1 is 1.00 bits per heavy atom. The number of para-hydroxylation sites is 1. The molecule has 0 aromatic heterocycles. The van der Waals surface area contributed by atoms with E-state index in [0.717, 1.165) is 30.8 Å². The molecule has 27 heavy (non-hydrogen) atoms. The summed E-state index contributed by atoms with van der Waals surface area (Å²) in [5, 5.41) is 2.96. The molecule has 1 heterocycles. The van der Waals surface area contributed by atoms with Crippen molar-refractivity contribution < 1.29 is 4.79 Å². The minimum Gasteiger partial charge on any atom is -0.367 e. The fraction of sp³-hybridized carbons (Fsp3) is 0.208. The van der Waals surface area contributed by atoms with Gasteiger partial charge >= 0.3 is 0 Å². The van der Waals surface area contributed by atoms with Gasteiger partial charge in [-0.15, -0.1) is 0 Å². The van der Waals surface area contributed by atoms with E-state index in [4.69, 9.17) is 0 Å². The monoisotopic (exact) mass is 356 g/mol. The molecule has 136 valence electrons.